The quantitative estimate of drug-likeness (QED) is 0.775. The fraction of sp³-hybridized carbons (Fsp3) is 0.450. The van der Waals surface area contributed by atoms with Crippen LogP contribution in [0.4, 0.5) is 0 Å². The van der Waals surface area contributed by atoms with E-state index < -0.39 is 0 Å². The summed E-state index contributed by atoms with van der Waals surface area (Å²) >= 11 is 0. The topological polar surface area (TPSA) is 75.3 Å². The number of carbonyl (C=O) groups excluding carboxylic acids is 2. The maximum Gasteiger partial charge on any atom is 0.272 e. The zero-order valence-corrected chi connectivity index (χ0v) is 15.2. The van der Waals surface area contributed by atoms with Crippen molar-refractivity contribution < 1.29 is 14.3 Å². The van der Waals surface area contributed by atoms with Gasteiger partial charge >= 0.3 is 0 Å². The Bertz CT molecular complexity index is 755. The van der Waals surface area contributed by atoms with E-state index in [0.29, 0.717) is 37.5 Å². The predicted molar refractivity (Wildman–Crippen MR) is 98.4 cm³/mol. The van der Waals surface area contributed by atoms with Gasteiger partial charge in [0.25, 0.3) is 5.91 Å². The van der Waals surface area contributed by atoms with Gasteiger partial charge < -0.3 is 9.64 Å². The summed E-state index contributed by atoms with van der Waals surface area (Å²) in [5.74, 6) is -0.0815. The maximum atomic E-state index is 13.1. The number of hydrogen-bond acceptors (Lipinski definition) is 4. The first-order valence-electron chi connectivity index (χ1n) is 9.13. The van der Waals surface area contributed by atoms with Crippen LogP contribution in [-0.2, 0) is 17.6 Å². The van der Waals surface area contributed by atoms with Crippen molar-refractivity contribution in [3.63, 3.8) is 0 Å². The lowest BCUT2D eigenvalue weighted by Gasteiger charge is -2.22. The lowest BCUT2D eigenvalue weighted by atomic mass is 10.1. The summed E-state index contributed by atoms with van der Waals surface area (Å²) in [6.07, 6.45) is 3.75. The van der Waals surface area contributed by atoms with Crippen molar-refractivity contribution in [3.8, 4) is 0 Å². The Morgan fingerprint density at radius 1 is 1.19 bits per heavy atom. The zero-order valence-electron chi connectivity index (χ0n) is 15.2. The van der Waals surface area contributed by atoms with Gasteiger partial charge in [0.15, 0.2) is 5.78 Å². The van der Waals surface area contributed by atoms with Crippen LogP contribution in [0.25, 0.3) is 0 Å². The number of H-pyrrole nitrogens is 1. The third-order valence-corrected chi connectivity index (χ3v) is 4.79. The molecule has 0 spiro atoms. The molecule has 1 heterocycles. The van der Waals surface area contributed by atoms with Crippen molar-refractivity contribution in [2.24, 2.45) is 0 Å². The van der Waals surface area contributed by atoms with E-state index in [4.69, 9.17) is 4.74 Å². The zero-order chi connectivity index (χ0) is 18.4. The van der Waals surface area contributed by atoms with Crippen LogP contribution in [-0.4, -0.2) is 53.6 Å². The SMILES string of the molecule is COCCN(CCc1ccccc1)C(=O)c1[nH]nc2c1CCCCC2=O. The number of carbonyl (C=O) groups is 2. The Morgan fingerprint density at radius 3 is 2.73 bits per heavy atom. The number of aromatic nitrogens is 2. The predicted octanol–water partition coefficient (Wildman–Crippen LogP) is 2.65. The van der Waals surface area contributed by atoms with E-state index in [-0.39, 0.29) is 11.7 Å². The van der Waals surface area contributed by atoms with E-state index in [1.54, 1.807) is 12.0 Å². The van der Waals surface area contributed by atoms with Crippen molar-refractivity contribution in [2.45, 2.75) is 32.1 Å². The fourth-order valence-corrected chi connectivity index (χ4v) is 3.31. The van der Waals surface area contributed by atoms with Gasteiger partial charge in [-0.1, -0.05) is 30.3 Å². The number of amides is 1. The number of Topliss-reactive ketones (excluding diaryl/α,β-unsaturated/α-hetero) is 1. The van der Waals surface area contributed by atoms with E-state index in [0.717, 1.165) is 31.2 Å². The molecule has 0 saturated heterocycles. The molecule has 1 amide bonds. The third kappa shape index (κ3) is 4.19. The molecule has 138 valence electrons. The van der Waals surface area contributed by atoms with E-state index in [2.05, 4.69) is 22.3 Å². The Labute approximate surface area is 153 Å². The average Bonchev–Trinajstić information content (AvgIpc) is 3.01. The molecule has 2 aromatic rings. The van der Waals surface area contributed by atoms with Crippen molar-refractivity contribution in [1.29, 1.82) is 0 Å². The fourth-order valence-electron chi connectivity index (χ4n) is 3.31. The first-order chi connectivity index (χ1) is 12.7. The highest BCUT2D eigenvalue weighted by atomic mass is 16.5. The van der Waals surface area contributed by atoms with Crippen LogP contribution in [0.15, 0.2) is 30.3 Å². The highest BCUT2D eigenvalue weighted by Gasteiger charge is 2.27. The number of hydrogen-bond donors (Lipinski definition) is 1. The summed E-state index contributed by atoms with van der Waals surface area (Å²) in [6.45, 7) is 1.56. The van der Waals surface area contributed by atoms with Gasteiger partial charge in [-0.15, -0.1) is 0 Å². The number of fused-ring (bicyclic) bond motifs is 1. The number of nitrogens with one attached hydrogen (secondary N) is 1. The largest absolute Gasteiger partial charge is 0.383 e. The highest BCUT2D eigenvalue weighted by Crippen LogP contribution is 2.23. The number of ether oxygens (including phenoxy) is 1. The number of benzene rings is 1. The Kier molecular flexibility index (Phi) is 6.17. The molecule has 3 rings (SSSR count). The van der Waals surface area contributed by atoms with Crippen LogP contribution < -0.4 is 0 Å². The van der Waals surface area contributed by atoms with Crippen LogP contribution in [0.5, 0.6) is 0 Å². The van der Waals surface area contributed by atoms with Crippen molar-refractivity contribution in [3.05, 3.63) is 52.8 Å². The minimum Gasteiger partial charge on any atom is -0.383 e. The monoisotopic (exact) mass is 355 g/mol. The van der Waals surface area contributed by atoms with Gasteiger partial charge in [0.05, 0.1) is 6.61 Å². The molecule has 0 unspecified atom stereocenters. The summed E-state index contributed by atoms with van der Waals surface area (Å²) in [7, 11) is 1.63. The van der Waals surface area contributed by atoms with E-state index in [9.17, 15) is 9.59 Å². The minimum atomic E-state index is -0.110. The second-order valence-electron chi connectivity index (χ2n) is 6.58. The van der Waals surface area contributed by atoms with Crippen molar-refractivity contribution in [2.75, 3.05) is 26.8 Å². The molecule has 1 aliphatic rings. The summed E-state index contributed by atoms with van der Waals surface area (Å²) in [5, 5.41) is 6.97. The maximum absolute atomic E-state index is 13.1. The number of nitrogens with zero attached hydrogens (tertiary/aromatic N) is 2. The van der Waals surface area contributed by atoms with Gasteiger partial charge in [-0.2, -0.15) is 5.10 Å². The van der Waals surface area contributed by atoms with Gasteiger partial charge in [-0.3, -0.25) is 14.7 Å². The molecule has 1 aromatic heterocycles. The lowest BCUT2D eigenvalue weighted by Crippen LogP contribution is -2.36. The molecule has 0 aliphatic heterocycles. The molecule has 0 radical (unpaired) electrons. The molecule has 0 bridgehead atoms. The van der Waals surface area contributed by atoms with Crippen LogP contribution in [0.3, 0.4) is 0 Å². The van der Waals surface area contributed by atoms with Crippen LogP contribution in [0.2, 0.25) is 0 Å². The van der Waals surface area contributed by atoms with Gasteiger partial charge in [0.1, 0.15) is 11.4 Å². The van der Waals surface area contributed by atoms with Gasteiger partial charge in [-0.25, -0.2) is 0 Å². The van der Waals surface area contributed by atoms with E-state index in [1.165, 1.54) is 5.56 Å². The Morgan fingerprint density at radius 2 is 1.96 bits per heavy atom. The second kappa shape index (κ2) is 8.76. The van der Waals surface area contributed by atoms with Gasteiger partial charge in [0.2, 0.25) is 0 Å². The van der Waals surface area contributed by atoms with Crippen molar-refractivity contribution >= 4 is 11.7 Å². The second-order valence-corrected chi connectivity index (χ2v) is 6.58. The lowest BCUT2D eigenvalue weighted by molar-refractivity contribution is 0.0691. The van der Waals surface area contributed by atoms with Gasteiger partial charge in [0, 0.05) is 32.2 Å². The molecule has 0 atom stereocenters. The summed E-state index contributed by atoms with van der Waals surface area (Å²) in [5.41, 5.74) is 2.86. The standard InChI is InChI=1S/C20H25N3O3/c1-26-14-13-23(12-11-15-7-3-2-4-8-15)20(25)19-16-9-5-6-10-17(24)18(16)21-22-19/h2-4,7-8H,5-6,9-14H2,1H3,(H,21,22). The summed E-state index contributed by atoms with van der Waals surface area (Å²) in [6, 6.07) is 10.1. The Hall–Kier alpha value is -2.47. The van der Waals surface area contributed by atoms with E-state index in [1.807, 2.05) is 18.2 Å². The normalized spacial score (nSPS) is 14.0. The Balaban J connectivity index is 1.78. The molecular formula is C20H25N3O3. The molecule has 1 aromatic carbocycles. The molecule has 6 nitrogen and oxygen atoms in total. The van der Waals surface area contributed by atoms with Crippen LogP contribution >= 0.6 is 0 Å². The third-order valence-electron chi connectivity index (χ3n) is 4.79. The van der Waals surface area contributed by atoms with E-state index >= 15 is 0 Å². The number of methoxy groups -OCH3 is 1. The highest BCUT2D eigenvalue weighted by molar-refractivity contribution is 6.01. The summed E-state index contributed by atoms with van der Waals surface area (Å²) in [4.78, 5) is 27.1. The average molecular weight is 355 g/mol. The molecular weight excluding hydrogens is 330 g/mol. The minimum absolute atomic E-state index is 0.0283. The van der Waals surface area contributed by atoms with Crippen LogP contribution in [0.1, 0.15) is 51.4 Å². The van der Waals surface area contributed by atoms with Gasteiger partial charge in [-0.05, 0) is 31.2 Å². The number of aromatic amines is 1. The molecule has 6 heteroatoms. The van der Waals surface area contributed by atoms with Crippen molar-refractivity contribution in [1.82, 2.24) is 15.1 Å². The first-order valence-corrected chi connectivity index (χ1v) is 9.13. The van der Waals surface area contributed by atoms with Crippen LogP contribution in [0, 0.1) is 0 Å². The smallest absolute Gasteiger partial charge is 0.272 e. The molecule has 1 N–H and O–H groups in total. The number of ketones is 1. The molecule has 1 aliphatic carbocycles. The molecule has 0 saturated carbocycles. The molecule has 26 heavy (non-hydrogen) atoms. The molecule has 0 fully saturated rings. The number of rotatable bonds is 7. The first kappa shape index (κ1) is 18.3. The summed E-state index contributed by atoms with van der Waals surface area (Å²) < 4.78 is 5.17.